The van der Waals surface area contributed by atoms with E-state index < -0.39 is 6.10 Å². The van der Waals surface area contributed by atoms with Crippen molar-refractivity contribution < 1.29 is 9.84 Å². The molecular weight excluding hydrogens is 348 g/mol. The van der Waals surface area contributed by atoms with Gasteiger partial charge in [-0.1, -0.05) is 30.3 Å². The second-order valence-corrected chi connectivity index (χ2v) is 8.14. The van der Waals surface area contributed by atoms with E-state index in [-0.39, 0.29) is 0 Å². The maximum Gasteiger partial charge on any atom is 0.122 e. The number of rotatable bonds is 6. The van der Waals surface area contributed by atoms with Gasteiger partial charge in [-0.05, 0) is 61.4 Å². The molecule has 1 aliphatic carbocycles. The SMILES string of the molecule is Cc1ccccc1N1CCN(CC(O)COc2cccc3c2CCCC3)CC1. The number of aryl methyl sites for hydroxylation is 2. The monoisotopic (exact) mass is 380 g/mol. The van der Waals surface area contributed by atoms with Gasteiger partial charge < -0.3 is 14.7 Å². The molecule has 2 aromatic carbocycles. The number of ether oxygens (including phenoxy) is 1. The summed E-state index contributed by atoms with van der Waals surface area (Å²) in [6, 6.07) is 14.9. The molecular formula is C24H32N2O2. The highest BCUT2D eigenvalue weighted by molar-refractivity contribution is 5.53. The third kappa shape index (κ3) is 4.50. The lowest BCUT2D eigenvalue weighted by atomic mass is 9.91. The molecule has 0 saturated carbocycles. The van der Waals surface area contributed by atoms with Crippen LogP contribution in [-0.2, 0) is 12.8 Å². The molecule has 1 aliphatic heterocycles. The molecule has 0 spiro atoms. The quantitative estimate of drug-likeness (QED) is 0.833. The van der Waals surface area contributed by atoms with E-state index in [0.29, 0.717) is 13.2 Å². The number of piperazine rings is 1. The third-order valence-corrected chi connectivity index (χ3v) is 6.08. The zero-order chi connectivity index (χ0) is 19.3. The maximum atomic E-state index is 10.5. The molecule has 1 unspecified atom stereocenters. The Labute approximate surface area is 168 Å². The molecule has 0 amide bonds. The van der Waals surface area contributed by atoms with E-state index in [2.05, 4.69) is 59.2 Å². The molecule has 1 heterocycles. The van der Waals surface area contributed by atoms with E-state index in [0.717, 1.165) is 44.8 Å². The van der Waals surface area contributed by atoms with Crippen molar-refractivity contribution in [1.29, 1.82) is 0 Å². The fraction of sp³-hybridized carbons (Fsp3) is 0.500. The van der Waals surface area contributed by atoms with Gasteiger partial charge >= 0.3 is 0 Å². The lowest BCUT2D eigenvalue weighted by Crippen LogP contribution is -2.49. The van der Waals surface area contributed by atoms with Crippen LogP contribution in [0.3, 0.4) is 0 Å². The number of hydrogen-bond donors (Lipinski definition) is 1. The topological polar surface area (TPSA) is 35.9 Å². The van der Waals surface area contributed by atoms with Crippen molar-refractivity contribution in [2.45, 2.75) is 38.7 Å². The molecule has 150 valence electrons. The Bertz CT molecular complexity index is 784. The van der Waals surface area contributed by atoms with Crippen LogP contribution in [-0.4, -0.2) is 55.4 Å². The first-order valence-corrected chi connectivity index (χ1v) is 10.7. The summed E-state index contributed by atoms with van der Waals surface area (Å²) in [7, 11) is 0. The summed E-state index contributed by atoms with van der Waals surface area (Å²) < 4.78 is 6.03. The number of fused-ring (bicyclic) bond motifs is 1. The Morgan fingerprint density at radius 2 is 1.75 bits per heavy atom. The Morgan fingerprint density at radius 3 is 2.57 bits per heavy atom. The molecule has 1 saturated heterocycles. The fourth-order valence-electron chi connectivity index (χ4n) is 4.51. The molecule has 1 atom stereocenters. The van der Waals surface area contributed by atoms with E-state index in [9.17, 15) is 5.11 Å². The Hall–Kier alpha value is -2.04. The standard InChI is InChI=1S/C24H32N2O2/c1-19-7-2-5-11-23(19)26-15-13-25(14-16-26)17-21(27)18-28-24-12-6-9-20-8-3-4-10-22(20)24/h2,5-7,9,11-12,21,27H,3-4,8,10,13-18H2,1H3. The van der Waals surface area contributed by atoms with Crippen LogP contribution < -0.4 is 9.64 Å². The van der Waals surface area contributed by atoms with Gasteiger partial charge in [0.2, 0.25) is 0 Å². The van der Waals surface area contributed by atoms with Gasteiger partial charge in [-0.25, -0.2) is 0 Å². The number of anilines is 1. The van der Waals surface area contributed by atoms with E-state index in [1.165, 1.54) is 35.2 Å². The first-order chi connectivity index (χ1) is 13.7. The van der Waals surface area contributed by atoms with Crippen LogP contribution in [0.4, 0.5) is 5.69 Å². The van der Waals surface area contributed by atoms with E-state index in [4.69, 9.17) is 4.74 Å². The molecule has 1 fully saturated rings. The lowest BCUT2D eigenvalue weighted by molar-refractivity contribution is 0.0659. The van der Waals surface area contributed by atoms with Crippen molar-refractivity contribution in [1.82, 2.24) is 4.90 Å². The summed E-state index contributed by atoms with van der Waals surface area (Å²) >= 11 is 0. The predicted octanol–water partition coefficient (Wildman–Crippen LogP) is 3.44. The molecule has 4 rings (SSSR count). The smallest absolute Gasteiger partial charge is 0.122 e. The van der Waals surface area contributed by atoms with Crippen molar-refractivity contribution in [3.63, 3.8) is 0 Å². The van der Waals surface area contributed by atoms with Crippen molar-refractivity contribution in [3.8, 4) is 5.75 Å². The minimum absolute atomic E-state index is 0.370. The maximum absolute atomic E-state index is 10.5. The molecule has 0 radical (unpaired) electrons. The minimum Gasteiger partial charge on any atom is -0.491 e. The first kappa shape index (κ1) is 19.3. The first-order valence-electron chi connectivity index (χ1n) is 10.7. The van der Waals surface area contributed by atoms with Gasteiger partial charge in [0.15, 0.2) is 0 Å². The highest BCUT2D eigenvalue weighted by Crippen LogP contribution is 2.29. The van der Waals surface area contributed by atoms with Crippen LogP contribution >= 0.6 is 0 Å². The molecule has 2 aromatic rings. The van der Waals surface area contributed by atoms with E-state index >= 15 is 0 Å². The predicted molar refractivity (Wildman–Crippen MR) is 114 cm³/mol. The van der Waals surface area contributed by atoms with Crippen LogP contribution in [0.1, 0.15) is 29.5 Å². The molecule has 4 heteroatoms. The summed E-state index contributed by atoms with van der Waals surface area (Å²) in [5, 5.41) is 10.5. The van der Waals surface area contributed by atoms with E-state index in [1.54, 1.807) is 0 Å². The number of nitrogens with zero attached hydrogens (tertiary/aromatic N) is 2. The second-order valence-electron chi connectivity index (χ2n) is 8.14. The summed E-state index contributed by atoms with van der Waals surface area (Å²) in [5.41, 5.74) is 5.44. The highest BCUT2D eigenvalue weighted by atomic mass is 16.5. The zero-order valence-corrected chi connectivity index (χ0v) is 16.9. The zero-order valence-electron chi connectivity index (χ0n) is 16.9. The Morgan fingerprint density at radius 1 is 0.964 bits per heavy atom. The summed E-state index contributed by atoms with van der Waals surface area (Å²) in [5.74, 6) is 0.973. The Balaban J connectivity index is 1.25. The number of para-hydroxylation sites is 1. The van der Waals surface area contributed by atoms with Gasteiger partial charge in [-0.2, -0.15) is 0 Å². The lowest BCUT2D eigenvalue weighted by Gasteiger charge is -2.37. The van der Waals surface area contributed by atoms with Gasteiger partial charge in [0, 0.05) is 38.4 Å². The largest absolute Gasteiger partial charge is 0.491 e. The van der Waals surface area contributed by atoms with Gasteiger partial charge in [0.25, 0.3) is 0 Å². The van der Waals surface area contributed by atoms with Crippen molar-refractivity contribution in [2.75, 3.05) is 44.2 Å². The minimum atomic E-state index is -0.454. The van der Waals surface area contributed by atoms with Crippen molar-refractivity contribution in [2.24, 2.45) is 0 Å². The molecule has 0 bridgehead atoms. The third-order valence-electron chi connectivity index (χ3n) is 6.08. The number of benzene rings is 2. The Kier molecular flexibility index (Phi) is 6.18. The van der Waals surface area contributed by atoms with E-state index in [1.807, 2.05) is 0 Å². The summed E-state index contributed by atoms with van der Waals surface area (Å²) in [6.45, 7) is 7.18. The van der Waals surface area contributed by atoms with Crippen LogP contribution in [0.15, 0.2) is 42.5 Å². The van der Waals surface area contributed by atoms with Crippen molar-refractivity contribution >= 4 is 5.69 Å². The van der Waals surface area contributed by atoms with Gasteiger partial charge in [-0.15, -0.1) is 0 Å². The summed E-state index contributed by atoms with van der Waals surface area (Å²) in [6.07, 6.45) is 4.31. The number of hydrogen-bond acceptors (Lipinski definition) is 4. The molecule has 1 N–H and O–H groups in total. The normalized spacial score (nSPS) is 18.6. The van der Waals surface area contributed by atoms with Crippen LogP contribution in [0.5, 0.6) is 5.75 Å². The van der Waals surface area contributed by atoms with Crippen LogP contribution in [0, 0.1) is 6.92 Å². The average Bonchev–Trinajstić information content (AvgIpc) is 2.73. The van der Waals surface area contributed by atoms with Gasteiger partial charge in [-0.3, -0.25) is 4.90 Å². The van der Waals surface area contributed by atoms with Crippen LogP contribution in [0.25, 0.3) is 0 Å². The molecule has 0 aromatic heterocycles. The van der Waals surface area contributed by atoms with Gasteiger partial charge in [0.05, 0.1) is 0 Å². The summed E-state index contributed by atoms with van der Waals surface area (Å²) in [4.78, 5) is 4.80. The van der Waals surface area contributed by atoms with Gasteiger partial charge in [0.1, 0.15) is 18.5 Å². The fourth-order valence-corrected chi connectivity index (χ4v) is 4.51. The number of aliphatic hydroxyl groups is 1. The average molecular weight is 381 g/mol. The molecule has 2 aliphatic rings. The number of aliphatic hydroxyl groups excluding tert-OH is 1. The van der Waals surface area contributed by atoms with Crippen LogP contribution in [0.2, 0.25) is 0 Å². The molecule has 4 nitrogen and oxygen atoms in total. The second kappa shape index (κ2) is 8.97. The number of β-amino-alcohol motifs (C(OH)–C–C–N with tert-alkyl or cyclic N) is 1. The molecule has 28 heavy (non-hydrogen) atoms. The highest BCUT2D eigenvalue weighted by Gasteiger charge is 2.21. The van der Waals surface area contributed by atoms with Crippen molar-refractivity contribution in [3.05, 3.63) is 59.2 Å².